The van der Waals surface area contributed by atoms with E-state index in [1.165, 1.54) is 35.9 Å². The van der Waals surface area contributed by atoms with Gasteiger partial charge in [-0.05, 0) is 36.8 Å². The molecule has 2 aromatic rings. The second-order valence-electron chi connectivity index (χ2n) is 7.18. The second kappa shape index (κ2) is 9.74. The van der Waals surface area contributed by atoms with Gasteiger partial charge in [0.05, 0.1) is 12.2 Å². The molecule has 0 saturated carbocycles. The fourth-order valence-corrected chi connectivity index (χ4v) is 4.72. The van der Waals surface area contributed by atoms with Crippen LogP contribution in [-0.2, 0) is 15.7 Å². The van der Waals surface area contributed by atoms with E-state index >= 15 is 0 Å². The van der Waals surface area contributed by atoms with Gasteiger partial charge in [-0.25, -0.2) is 0 Å². The van der Waals surface area contributed by atoms with Crippen LogP contribution >= 0.6 is 11.8 Å². The number of benzene rings is 2. The van der Waals surface area contributed by atoms with Crippen molar-refractivity contribution >= 4 is 23.6 Å². The van der Waals surface area contributed by atoms with E-state index in [1.807, 2.05) is 6.92 Å². The Hall–Kier alpha value is -2.52. The smallest absolute Gasteiger partial charge is 0.383 e. The van der Waals surface area contributed by atoms with E-state index in [4.69, 9.17) is 4.74 Å². The lowest BCUT2D eigenvalue weighted by molar-refractivity contribution is -0.137. The quantitative estimate of drug-likeness (QED) is 0.673. The summed E-state index contributed by atoms with van der Waals surface area (Å²) in [5.41, 5.74) is 1.18. The van der Waals surface area contributed by atoms with Gasteiger partial charge >= 0.3 is 6.18 Å². The van der Waals surface area contributed by atoms with Gasteiger partial charge in [-0.15, -0.1) is 11.8 Å². The summed E-state index contributed by atoms with van der Waals surface area (Å²) in [7, 11) is 1.52. The highest BCUT2D eigenvalue weighted by Gasteiger charge is 2.42. The standard InChI is InChI=1S/C22H23F3N2O3S/c1-14-3-5-15(6-4-14)20(29)27-18(19(28)26-11-12-30-2)13-31-21(27)16-7-9-17(10-8-16)22(23,24)25/h3-10,18,21H,11-13H2,1-2H3,(H,26,28). The van der Waals surface area contributed by atoms with Crippen LogP contribution in [-0.4, -0.2) is 48.8 Å². The van der Waals surface area contributed by atoms with Crippen molar-refractivity contribution in [3.05, 3.63) is 70.8 Å². The molecule has 1 aliphatic rings. The fraction of sp³-hybridized carbons (Fsp3) is 0.364. The molecule has 2 atom stereocenters. The molecule has 166 valence electrons. The normalized spacial score (nSPS) is 18.8. The lowest BCUT2D eigenvalue weighted by Gasteiger charge is -2.29. The number of rotatable bonds is 6. The molecule has 9 heteroatoms. The number of nitrogens with one attached hydrogen (secondary N) is 1. The second-order valence-corrected chi connectivity index (χ2v) is 8.30. The van der Waals surface area contributed by atoms with Crippen LogP contribution in [0, 0.1) is 6.92 Å². The van der Waals surface area contributed by atoms with Gasteiger partial charge in [0.1, 0.15) is 11.4 Å². The van der Waals surface area contributed by atoms with Crippen LogP contribution in [0.3, 0.4) is 0 Å². The number of hydrogen-bond acceptors (Lipinski definition) is 4. The Bertz CT molecular complexity index is 917. The van der Waals surface area contributed by atoms with E-state index in [1.54, 1.807) is 24.3 Å². The molecule has 2 unspecified atom stereocenters. The highest BCUT2D eigenvalue weighted by molar-refractivity contribution is 7.99. The van der Waals surface area contributed by atoms with Crippen molar-refractivity contribution in [2.75, 3.05) is 26.0 Å². The lowest BCUT2D eigenvalue weighted by Crippen LogP contribution is -2.48. The zero-order valence-corrected chi connectivity index (χ0v) is 17.9. The topological polar surface area (TPSA) is 58.6 Å². The molecule has 1 N–H and O–H groups in total. The Kier molecular flexibility index (Phi) is 7.27. The number of methoxy groups -OCH3 is 1. The zero-order chi connectivity index (χ0) is 22.6. The minimum absolute atomic E-state index is 0.300. The molecule has 1 fully saturated rings. The number of carbonyl (C=O) groups excluding carboxylic acids is 2. The van der Waals surface area contributed by atoms with E-state index in [2.05, 4.69) is 5.32 Å². The third kappa shape index (κ3) is 5.40. The van der Waals surface area contributed by atoms with E-state index < -0.39 is 23.2 Å². The maximum absolute atomic E-state index is 13.3. The van der Waals surface area contributed by atoms with Gasteiger partial charge in [-0.2, -0.15) is 13.2 Å². The van der Waals surface area contributed by atoms with Gasteiger partial charge in [0.25, 0.3) is 5.91 Å². The van der Waals surface area contributed by atoms with Crippen molar-refractivity contribution in [2.24, 2.45) is 0 Å². The van der Waals surface area contributed by atoms with Crippen LogP contribution in [0.1, 0.15) is 32.4 Å². The zero-order valence-electron chi connectivity index (χ0n) is 17.1. The maximum atomic E-state index is 13.3. The summed E-state index contributed by atoms with van der Waals surface area (Å²) in [4.78, 5) is 27.6. The van der Waals surface area contributed by atoms with Crippen molar-refractivity contribution in [3.8, 4) is 0 Å². The van der Waals surface area contributed by atoms with Crippen LogP contribution in [0.4, 0.5) is 13.2 Å². The molecule has 2 amide bonds. The first-order valence-electron chi connectivity index (χ1n) is 9.67. The largest absolute Gasteiger partial charge is 0.416 e. The Morgan fingerprint density at radius 2 is 1.77 bits per heavy atom. The predicted molar refractivity (Wildman–Crippen MR) is 113 cm³/mol. The third-order valence-corrected chi connectivity index (χ3v) is 6.29. The molecular weight excluding hydrogens is 429 g/mol. The number of nitrogens with zero attached hydrogens (tertiary/aromatic N) is 1. The van der Waals surface area contributed by atoms with E-state index in [-0.39, 0.29) is 11.8 Å². The van der Waals surface area contributed by atoms with E-state index in [9.17, 15) is 22.8 Å². The number of halogens is 3. The SMILES string of the molecule is COCCNC(=O)C1CSC(c2ccc(C(F)(F)F)cc2)N1C(=O)c1ccc(C)cc1. The number of amides is 2. The maximum Gasteiger partial charge on any atom is 0.416 e. The summed E-state index contributed by atoms with van der Waals surface area (Å²) in [5.74, 6) is -0.330. The first-order chi connectivity index (χ1) is 14.7. The van der Waals surface area contributed by atoms with Crippen molar-refractivity contribution < 1.29 is 27.5 Å². The molecule has 3 rings (SSSR count). The molecule has 1 saturated heterocycles. The monoisotopic (exact) mass is 452 g/mol. The molecular formula is C22H23F3N2O3S. The molecule has 0 aromatic heterocycles. The number of hydrogen-bond donors (Lipinski definition) is 1. The summed E-state index contributed by atoms with van der Waals surface area (Å²) < 4.78 is 43.8. The number of aryl methyl sites for hydroxylation is 1. The first kappa shape index (κ1) is 23.1. The number of carbonyl (C=O) groups is 2. The van der Waals surface area contributed by atoms with Crippen molar-refractivity contribution in [1.82, 2.24) is 10.2 Å². The van der Waals surface area contributed by atoms with Crippen molar-refractivity contribution in [3.63, 3.8) is 0 Å². The highest BCUT2D eigenvalue weighted by atomic mass is 32.2. The van der Waals surface area contributed by atoms with Crippen molar-refractivity contribution in [2.45, 2.75) is 24.5 Å². The molecule has 0 bridgehead atoms. The minimum Gasteiger partial charge on any atom is -0.383 e. The highest BCUT2D eigenvalue weighted by Crippen LogP contribution is 2.43. The average Bonchev–Trinajstić information content (AvgIpc) is 3.18. The summed E-state index contributed by atoms with van der Waals surface area (Å²) >= 11 is 1.35. The minimum atomic E-state index is -4.44. The molecule has 0 aliphatic carbocycles. The van der Waals surface area contributed by atoms with Gasteiger partial charge in [0.2, 0.25) is 5.91 Å². The predicted octanol–water partition coefficient (Wildman–Crippen LogP) is 4.03. The molecule has 5 nitrogen and oxygen atoms in total. The van der Waals surface area contributed by atoms with Gasteiger partial charge in [0, 0.05) is 25.0 Å². The third-order valence-electron chi connectivity index (χ3n) is 4.96. The van der Waals surface area contributed by atoms with Crippen LogP contribution in [0.5, 0.6) is 0 Å². The van der Waals surface area contributed by atoms with Gasteiger partial charge in [-0.3, -0.25) is 9.59 Å². The molecule has 0 radical (unpaired) electrons. The van der Waals surface area contributed by atoms with Gasteiger partial charge < -0.3 is 15.0 Å². The fourth-order valence-electron chi connectivity index (χ4n) is 3.29. The van der Waals surface area contributed by atoms with Crippen LogP contribution in [0.15, 0.2) is 48.5 Å². The number of alkyl halides is 3. The van der Waals surface area contributed by atoms with Crippen LogP contribution in [0.2, 0.25) is 0 Å². The van der Waals surface area contributed by atoms with E-state index in [0.717, 1.165) is 17.7 Å². The first-order valence-corrected chi connectivity index (χ1v) is 10.7. The Labute approximate surface area is 182 Å². The molecule has 2 aromatic carbocycles. The summed E-state index contributed by atoms with van der Waals surface area (Å²) in [6.45, 7) is 2.53. The lowest BCUT2D eigenvalue weighted by atomic mass is 10.1. The van der Waals surface area contributed by atoms with E-state index in [0.29, 0.717) is 30.0 Å². The number of ether oxygens (including phenoxy) is 1. The van der Waals surface area contributed by atoms with Gasteiger partial charge in [0.15, 0.2) is 0 Å². The van der Waals surface area contributed by atoms with Gasteiger partial charge in [-0.1, -0.05) is 29.8 Å². The average molecular weight is 452 g/mol. The Morgan fingerprint density at radius 1 is 1.13 bits per heavy atom. The summed E-state index contributed by atoms with van der Waals surface area (Å²) in [5, 5.41) is 2.18. The molecule has 1 heterocycles. The van der Waals surface area contributed by atoms with Crippen molar-refractivity contribution in [1.29, 1.82) is 0 Å². The van der Waals surface area contributed by atoms with Crippen LogP contribution in [0.25, 0.3) is 0 Å². The summed E-state index contributed by atoms with van der Waals surface area (Å²) in [6, 6.07) is 10.9. The molecule has 0 spiro atoms. The Balaban J connectivity index is 1.91. The Morgan fingerprint density at radius 3 is 2.35 bits per heavy atom. The molecule has 31 heavy (non-hydrogen) atoms. The number of thioether (sulfide) groups is 1. The van der Waals surface area contributed by atoms with Crippen LogP contribution < -0.4 is 5.32 Å². The molecule has 1 aliphatic heterocycles. The summed E-state index contributed by atoms with van der Waals surface area (Å²) in [6.07, 6.45) is -4.44.